The zero-order chi connectivity index (χ0) is 11.9. The normalized spacial score (nSPS) is 23.1. The van der Waals surface area contributed by atoms with Crippen LogP contribution in [0, 0.1) is 5.82 Å². The fourth-order valence-electron chi connectivity index (χ4n) is 1.95. The van der Waals surface area contributed by atoms with Crippen molar-refractivity contribution in [3.05, 3.63) is 26.9 Å². The van der Waals surface area contributed by atoms with Crippen molar-refractivity contribution < 1.29 is 9.13 Å². The lowest BCUT2D eigenvalue weighted by atomic mass is 10.0. The maximum absolute atomic E-state index is 13.8. The minimum Gasteiger partial charge on any atom is -0.487 e. The van der Waals surface area contributed by atoms with Gasteiger partial charge < -0.3 is 10.5 Å². The van der Waals surface area contributed by atoms with E-state index in [1.165, 1.54) is 6.07 Å². The Morgan fingerprint density at radius 3 is 2.94 bits per heavy atom. The lowest BCUT2D eigenvalue weighted by Crippen LogP contribution is -2.25. The molecule has 0 spiro atoms. The van der Waals surface area contributed by atoms with E-state index in [-0.39, 0.29) is 11.1 Å². The third-order valence-electron chi connectivity index (χ3n) is 2.74. The summed E-state index contributed by atoms with van der Waals surface area (Å²) in [5.41, 5.74) is 6.36. The van der Waals surface area contributed by atoms with E-state index in [9.17, 15) is 4.39 Å². The van der Waals surface area contributed by atoms with Crippen LogP contribution in [0.2, 0.25) is 5.02 Å². The third kappa shape index (κ3) is 1.83. The molecule has 0 saturated heterocycles. The first-order valence-electron chi connectivity index (χ1n) is 5.15. The average molecular weight is 309 g/mol. The summed E-state index contributed by atoms with van der Waals surface area (Å²) in [6, 6.07) is 1.06. The Hall–Kier alpha value is -0.320. The van der Waals surface area contributed by atoms with Gasteiger partial charge in [-0.15, -0.1) is 0 Å². The summed E-state index contributed by atoms with van der Waals surface area (Å²) in [6.45, 7) is 2.04. The number of rotatable bonds is 2. The molecule has 1 aromatic carbocycles. The average Bonchev–Trinajstić information content (AvgIpc) is 2.55. The molecule has 2 nitrogen and oxygen atoms in total. The lowest BCUT2D eigenvalue weighted by molar-refractivity contribution is 0.193. The SMILES string of the molecule is CCCC1Oc2c(Br)cc(Cl)c(F)c2C1N. The van der Waals surface area contributed by atoms with Crippen molar-refractivity contribution >= 4 is 27.5 Å². The van der Waals surface area contributed by atoms with Crippen molar-refractivity contribution in [2.75, 3.05) is 0 Å². The van der Waals surface area contributed by atoms with Gasteiger partial charge in [-0.05, 0) is 28.4 Å². The second-order valence-electron chi connectivity index (χ2n) is 3.87. The molecule has 1 aromatic rings. The van der Waals surface area contributed by atoms with Crippen LogP contribution in [0.25, 0.3) is 0 Å². The van der Waals surface area contributed by atoms with E-state index >= 15 is 0 Å². The Kier molecular flexibility index (Phi) is 3.42. The van der Waals surface area contributed by atoms with Crippen molar-refractivity contribution in [3.8, 4) is 5.75 Å². The van der Waals surface area contributed by atoms with Gasteiger partial charge in [0, 0.05) is 0 Å². The van der Waals surface area contributed by atoms with Crippen molar-refractivity contribution in [1.29, 1.82) is 0 Å². The van der Waals surface area contributed by atoms with Crippen LogP contribution in [0.1, 0.15) is 31.4 Å². The molecule has 0 amide bonds. The molecule has 0 aromatic heterocycles. The molecule has 0 saturated carbocycles. The Bertz CT molecular complexity index is 427. The molecule has 2 atom stereocenters. The Morgan fingerprint density at radius 1 is 1.62 bits per heavy atom. The standard InChI is InChI=1S/C11H12BrClFNO/c1-2-3-7-10(15)8-9(14)6(13)4-5(12)11(8)16-7/h4,7,10H,2-3,15H2,1H3. The van der Waals surface area contributed by atoms with Gasteiger partial charge in [0.1, 0.15) is 17.7 Å². The van der Waals surface area contributed by atoms with Gasteiger partial charge in [-0.25, -0.2) is 4.39 Å². The first-order chi connectivity index (χ1) is 7.56. The number of ether oxygens (including phenoxy) is 1. The number of benzene rings is 1. The maximum atomic E-state index is 13.8. The van der Waals surface area contributed by atoms with Crippen LogP contribution < -0.4 is 10.5 Å². The molecule has 5 heteroatoms. The molecule has 0 radical (unpaired) electrons. The number of nitrogens with two attached hydrogens (primary N) is 1. The molecule has 2 unspecified atom stereocenters. The monoisotopic (exact) mass is 307 g/mol. The van der Waals surface area contributed by atoms with Crippen LogP contribution in [-0.4, -0.2) is 6.10 Å². The minimum atomic E-state index is -0.467. The zero-order valence-corrected chi connectivity index (χ0v) is 11.1. The molecule has 1 heterocycles. The van der Waals surface area contributed by atoms with E-state index in [0.717, 1.165) is 12.8 Å². The molecule has 0 bridgehead atoms. The molecule has 2 N–H and O–H groups in total. The van der Waals surface area contributed by atoms with Gasteiger partial charge >= 0.3 is 0 Å². The quantitative estimate of drug-likeness (QED) is 0.843. The van der Waals surface area contributed by atoms with Gasteiger partial charge in [0.05, 0.1) is 21.1 Å². The molecular formula is C11H12BrClFNO. The lowest BCUT2D eigenvalue weighted by Gasteiger charge is -2.13. The number of fused-ring (bicyclic) bond motifs is 1. The van der Waals surface area contributed by atoms with Crippen LogP contribution in [0.5, 0.6) is 5.75 Å². The van der Waals surface area contributed by atoms with E-state index in [2.05, 4.69) is 15.9 Å². The smallest absolute Gasteiger partial charge is 0.150 e. The van der Waals surface area contributed by atoms with Crippen LogP contribution in [-0.2, 0) is 0 Å². The molecule has 0 fully saturated rings. The maximum Gasteiger partial charge on any atom is 0.150 e. The van der Waals surface area contributed by atoms with E-state index < -0.39 is 11.9 Å². The van der Waals surface area contributed by atoms with Crippen molar-refractivity contribution in [1.82, 2.24) is 0 Å². The van der Waals surface area contributed by atoms with E-state index in [4.69, 9.17) is 22.1 Å². The van der Waals surface area contributed by atoms with Gasteiger partial charge in [0.15, 0.2) is 0 Å². The summed E-state index contributed by atoms with van der Waals surface area (Å²) in [7, 11) is 0. The molecule has 1 aliphatic heterocycles. The topological polar surface area (TPSA) is 35.2 Å². The van der Waals surface area contributed by atoms with Crippen molar-refractivity contribution in [3.63, 3.8) is 0 Å². The largest absolute Gasteiger partial charge is 0.487 e. The van der Waals surface area contributed by atoms with Gasteiger partial charge in [-0.3, -0.25) is 0 Å². The first-order valence-corrected chi connectivity index (χ1v) is 6.33. The first kappa shape index (κ1) is 12.1. The van der Waals surface area contributed by atoms with Crippen LogP contribution >= 0.6 is 27.5 Å². The molecular weight excluding hydrogens is 296 g/mol. The Labute approximate surface area is 107 Å². The second-order valence-corrected chi connectivity index (χ2v) is 5.13. The van der Waals surface area contributed by atoms with Gasteiger partial charge in [0.2, 0.25) is 0 Å². The highest BCUT2D eigenvalue weighted by Crippen LogP contribution is 2.45. The number of hydrogen-bond donors (Lipinski definition) is 1. The van der Waals surface area contributed by atoms with Gasteiger partial charge in [-0.1, -0.05) is 24.9 Å². The highest BCUT2D eigenvalue weighted by Gasteiger charge is 2.36. The van der Waals surface area contributed by atoms with Gasteiger partial charge in [0.25, 0.3) is 0 Å². The fraction of sp³-hybridized carbons (Fsp3) is 0.455. The fourth-order valence-corrected chi connectivity index (χ4v) is 2.83. The number of hydrogen-bond acceptors (Lipinski definition) is 2. The summed E-state index contributed by atoms with van der Waals surface area (Å²) in [6.07, 6.45) is 1.59. The highest BCUT2D eigenvalue weighted by atomic mass is 79.9. The zero-order valence-electron chi connectivity index (χ0n) is 8.77. The molecule has 2 rings (SSSR count). The van der Waals surface area contributed by atoms with E-state index in [1.54, 1.807) is 0 Å². The predicted molar refractivity (Wildman–Crippen MR) is 65.4 cm³/mol. The van der Waals surface area contributed by atoms with Gasteiger partial charge in [-0.2, -0.15) is 0 Å². The Balaban J connectivity index is 2.47. The summed E-state index contributed by atoms with van der Waals surface area (Å²) >= 11 is 9.08. The molecule has 0 aliphatic carbocycles. The Morgan fingerprint density at radius 2 is 2.31 bits per heavy atom. The van der Waals surface area contributed by atoms with Crippen molar-refractivity contribution in [2.24, 2.45) is 5.73 Å². The predicted octanol–water partition coefficient (Wildman–Crippen LogP) is 3.80. The summed E-state index contributed by atoms with van der Waals surface area (Å²) < 4.78 is 20.1. The molecule has 88 valence electrons. The van der Waals surface area contributed by atoms with Crippen molar-refractivity contribution in [2.45, 2.75) is 31.9 Å². The summed E-state index contributed by atoms with van der Waals surface area (Å²) in [5, 5.41) is 0.0711. The van der Waals surface area contributed by atoms with Crippen LogP contribution in [0.15, 0.2) is 10.5 Å². The van der Waals surface area contributed by atoms with E-state index in [0.29, 0.717) is 15.8 Å². The summed E-state index contributed by atoms with van der Waals surface area (Å²) in [4.78, 5) is 0. The van der Waals surface area contributed by atoms with E-state index in [1.807, 2.05) is 6.92 Å². The minimum absolute atomic E-state index is 0.0711. The summed E-state index contributed by atoms with van der Waals surface area (Å²) in [5.74, 6) is 0.0267. The molecule has 16 heavy (non-hydrogen) atoms. The number of halogens is 3. The second kappa shape index (κ2) is 4.51. The third-order valence-corrected chi connectivity index (χ3v) is 3.60. The van der Waals surface area contributed by atoms with Crippen LogP contribution in [0.3, 0.4) is 0 Å². The molecule has 1 aliphatic rings. The van der Waals surface area contributed by atoms with Crippen LogP contribution in [0.4, 0.5) is 4.39 Å². The highest BCUT2D eigenvalue weighted by molar-refractivity contribution is 9.10.